The molecule has 0 atom stereocenters. The summed E-state index contributed by atoms with van der Waals surface area (Å²) in [4.78, 5) is 20.3. The summed E-state index contributed by atoms with van der Waals surface area (Å²) in [6.07, 6.45) is 7.36. The van der Waals surface area contributed by atoms with Crippen LogP contribution < -0.4 is 5.32 Å². The Hall–Kier alpha value is -3.54. The smallest absolute Gasteiger partial charge is 0.269 e. The van der Waals surface area contributed by atoms with Gasteiger partial charge >= 0.3 is 0 Å². The molecule has 0 saturated heterocycles. The van der Waals surface area contributed by atoms with Crippen LogP contribution in [0.15, 0.2) is 61.2 Å². The Morgan fingerprint density at radius 3 is 2.46 bits per heavy atom. The van der Waals surface area contributed by atoms with E-state index >= 15 is 0 Å². The average Bonchev–Trinajstić information content (AvgIpc) is 3.13. The third-order valence-electron chi connectivity index (χ3n) is 4.28. The average molecular weight is 343 g/mol. The second-order valence-electron chi connectivity index (χ2n) is 6.05. The van der Waals surface area contributed by atoms with E-state index in [9.17, 15) is 4.79 Å². The number of nitrogens with one attached hydrogen (secondary N) is 1. The minimum atomic E-state index is -0.205. The van der Waals surface area contributed by atoms with Gasteiger partial charge in [0, 0.05) is 49.2 Å². The molecule has 0 saturated carbocycles. The molecule has 128 valence electrons. The summed E-state index contributed by atoms with van der Waals surface area (Å²) >= 11 is 0. The molecule has 6 heteroatoms. The normalized spacial score (nSPS) is 10.8. The molecule has 3 heterocycles. The first-order valence-electron chi connectivity index (χ1n) is 8.21. The van der Waals surface area contributed by atoms with Crippen LogP contribution in [-0.4, -0.2) is 32.7 Å². The van der Waals surface area contributed by atoms with E-state index in [0.717, 1.165) is 33.2 Å². The van der Waals surface area contributed by atoms with Crippen molar-refractivity contribution in [3.8, 4) is 22.4 Å². The van der Waals surface area contributed by atoms with Crippen LogP contribution in [0.3, 0.4) is 0 Å². The molecule has 0 aliphatic heterocycles. The molecule has 1 aromatic carbocycles. The van der Waals surface area contributed by atoms with Crippen LogP contribution in [0.25, 0.3) is 33.2 Å². The molecule has 0 radical (unpaired) electrons. The molecular formula is C20H17N5O. The number of aromatic nitrogens is 4. The Labute approximate surface area is 150 Å². The summed E-state index contributed by atoms with van der Waals surface area (Å²) in [7, 11) is 3.49. The molecule has 26 heavy (non-hydrogen) atoms. The molecule has 0 aliphatic rings. The van der Waals surface area contributed by atoms with Crippen LogP contribution in [-0.2, 0) is 7.05 Å². The number of hydrogen-bond donors (Lipinski definition) is 1. The molecule has 0 bridgehead atoms. The Balaban J connectivity index is 1.73. The number of fused-ring (bicyclic) bond motifs is 1. The van der Waals surface area contributed by atoms with Gasteiger partial charge in [-0.15, -0.1) is 0 Å². The number of nitrogens with zero attached hydrogens (tertiary/aromatic N) is 4. The van der Waals surface area contributed by atoms with Crippen molar-refractivity contribution in [1.82, 2.24) is 25.1 Å². The molecule has 0 aliphatic carbocycles. The zero-order valence-corrected chi connectivity index (χ0v) is 14.5. The number of aryl methyl sites for hydroxylation is 1. The molecule has 4 aromatic rings. The van der Waals surface area contributed by atoms with Gasteiger partial charge in [0.25, 0.3) is 5.91 Å². The third-order valence-corrected chi connectivity index (χ3v) is 4.28. The highest BCUT2D eigenvalue weighted by molar-refractivity contribution is 5.92. The van der Waals surface area contributed by atoms with Crippen molar-refractivity contribution in [3.05, 3.63) is 66.9 Å². The van der Waals surface area contributed by atoms with Crippen molar-refractivity contribution < 1.29 is 4.79 Å². The van der Waals surface area contributed by atoms with Crippen molar-refractivity contribution in [3.63, 3.8) is 0 Å². The van der Waals surface area contributed by atoms with Gasteiger partial charge in [-0.1, -0.05) is 12.1 Å². The fourth-order valence-electron chi connectivity index (χ4n) is 2.86. The summed E-state index contributed by atoms with van der Waals surface area (Å²) in [5.74, 6) is -0.205. The summed E-state index contributed by atoms with van der Waals surface area (Å²) in [6, 6.07) is 11.8. The van der Waals surface area contributed by atoms with Gasteiger partial charge in [0.15, 0.2) is 0 Å². The Kier molecular flexibility index (Phi) is 3.93. The maximum Gasteiger partial charge on any atom is 0.269 e. The monoisotopic (exact) mass is 343 g/mol. The van der Waals surface area contributed by atoms with Crippen molar-refractivity contribution >= 4 is 16.7 Å². The van der Waals surface area contributed by atoms with E-state index in [-0.39, 0.29) is 5.91 Å². The van der Waals surface area contributed by atoms with Crippen LogP contribution >= 0.6 is 0 Å². The number of carbonyl (C=O) groups is 1. The molecule has 1 amide bonds. The molecule has 4 rings (SSSR count). The van der Waals surface area contributed by atoms with Crippen molar-refractivity contribution in [1.29, 1.82) is 0 Å². The summed E-state index contributed by atoms with van der Waals surface area (Å²) in [5.41, 5.74) is 4.25. The van der Waals surface area contributed by atoms with Gasteiger partial charge in [0.1, 0.15) is 5.69 Å². The molecule has 0 fully saturated rings. The van der Waals surface area contributed by atoms with Gasteiger partial charge in [0.2, 0.25) is 0 Å². The lowest BCUT2D eigenvalue weighted by Crippen LogP contribution is -2.18. The van der Waals surface area contributed by atoms with Crippen molar-refractivity contribution in [2.45, 2.75) is 0 Å². The van der Waals surface area contributed by atoms with Crippen molar-refractivity contribution in [2.75, 3.05) is 7.05 Å². The molecule has 6 nitrogen and oxygen atoms in total. The fourth-order valence-corrected chi connectivity index (χ4v) is 2.86. The van der Waals surface area contributed by atoms with E-state index in [0.29, 0.717) is 5.69 Å². The van der Waals surface area contributed by atoms with Crippen LogP contribution in [0.2, 0.25) is 0 Å². The van der Waals surface area contributed by atoms with Gasteiger partial charge in [-0.05, 0) is 35.2 Å². The molecule has 0 spiro atoms. The predicted molar refractivity (Wildman–Crippen MR) is 101 cm³/mol. The highest BCUT2D eigenvalue weighted by atomic mass is 16.1. The van der Waals surface area contributed by atoms with Crippen LogP contribution in [0.5, 0.6) is 0 Å². The number of carbonyl (C=O) groups excluding carboxylic acids is 1. The van der Waals surface area contributed by atoms with E-state index in [1.165, 1.54) is 0 Å². The quantitative estimate of drug-likeness (QED) is 0.620. The highest BCUT2D eigenvalue weighted by Gasteiger charge is 2.08. The SMILES string of the molecule is CNC(=O)c1ccc(-c2cc3cc(-c4cnn(C)c4)ccc3cn2)cn1. The van der Waals surface area contributed by atoms with E-state index in [1.54, 1.807) is 24.0 Å². The minimum absolute atomic E-state index is 0.205. The maximum absolute atomic E-state index is 11.6. The van der Waals surface area contributed by atoms with Crippen LogP contribution in [0.4, 0.5) is 0 Å². The first kappa shape index (κ1) is 16.0. The zero-order valence-electron chi connectivity index (χ0n) is 14.5. The molecule has 3 aromatic heterocycles. The Morgan fingerprint density at radius 1 is 0.923 bits per heavy atom. The van der Waals surface area contributed by atoms with E-state index in [4.69, 9.17) is 0 Å². The van der Waals surface area contributed by atoms with Gasteiger partial charge in [0.05, 0.1) is 11.9 Å². The Bertz CT molecular complexity index is 1100. The number of rotatable bonds is 3. The van der Waals surface area contributed by atoms with Gasteiger partial charge in [-0.25, -0.2) is 0 Å². The number of benzene rings is 1. The second kappa shape index (κ2) is 6.40. The third kappa shape index (κ3) is 2.93. The first-order chi connectivity index (χ1) is 12.6. The summed E-state index contributed by atoms with van der Waals surface area (Å²) in [5, 5.41) is 8.95. The maximum atomic E-state index is 11.6. The summed E-state index contributed by atoms with van der Waals surface area (Å²) < 4.78 is 1.79. The molecule has 1 N–H and O–H groups in total. The van der Waals surface area contributed by atoms with Gasteiger partial charge in [-0.3, -0.25) is 19.4 Å². The largest absolute Gasteiger partial charge is 0.354 e. The second-order valence-corrected chi connectivity index (χ2v) is 6.05. The van der Waals surface area contributed by atoms with Gasteiger partial charge in [-0.2, -0.15) is 5.10 Å². The van der Waals surface area contributed by atoms with Crippen LogP contribution in [0.1, 0.15) is 10.5 Å². The standard InChI is InChI=1S/C20H17N5O/c1-21-20(26)18-6-5-15(10-22-18)19-8-16-7-13(3-4-14(16)9-23-19)17-11-24-25(2)12-17/h3-12H,1-2H3,(H,21,26). The van der Waals surface area contributed by atoms with E-state index in [2.05, 4.69) is 38.6 Å². The summed E-state index contributed by atoms with van der Waals surface area (Å²) in [6.45, 7) is 0. The number of amides is 1. The lowest BCUT2D eigenvalue weighted by Gasteiger charge is -2.06. The number of pyridine rings is 2. The van der Waals surface area contributed by atoms with Gasteiger partial charge < -0.3 is 5.32 Å². The minimum Gasteiger partial charge on any atom is -0.354 e. The lowest BCUT2D eigenvalue weighted by molar-refractivity contribution is 0.0958. The fraction of sp³-hybridized carbons (Fsp3) is 0.100. The van der Waals surface area contributed by atoms with Crippen molar-refractivity contribution in [2.24, 2.45) is 7.05 Å². The predicted octanol–water partition coefficient (Wildman–Crippen LogP) is 3.06. The zero-order chi connectivity index (χ0) is 18.1. The molecule has 0 unspecified atom stereocenters. The van der Waals surface area contributed by atoms with E-state index < -0.39 is 0 Å². The Morgan fingerprint density at radius 2 is 1.77 bits per heavy atom. The first-order valence-corrected chi connectivity index (χ1v) is 8.21. The highest BCUT2D eigenvalue weighted by Crippen LogP contribution is 2.26. The topological polar surface area (TPSA) is 72.7 Å². The van der Waals surface area contributed by atoms with E-state index in [1.807, 2.05) is 37.8 Å². The number of hydrogen-bond acceptors (Lipinski definition) is 4. The molecular weight excluding hydrogens is 326 g/mol. The lowest BCUT2D eigenvalue weighted by atomic mass is 10.0. The van der Waals surface area contributed by atoms with Crippen LogP contribution in [0, 0.1) is 0 Å².